The molecular weight excluding hydrogens is 418 g/mol. The first-order chi connectivity index (χ1) is 16.7. The van der Waals surface area contributed by atoms with E-state index in [1.54, 1.807) is 0 Å². The lowest BCUT2D eigenvalue weighted by Gasteiger charge is -2.12. The maximum Gasteiger partial charge on any atom is 0.179 e. The fraction of sp³-hybridized carbons (Fsp3) is 0.0667. The predicted octanol–water partition coefficient (Wildman–Crippen LogP) is 7.76. The van der Waals surface area contributed by atoms with Crippen molar-refractivity contribution in [2.24, 2.45) is 0 Å². The largest absolute Gasteiger partial charge is 0.455 e. The third-order valence-electron chi connectivity index (χ3n) is 6.69. The molecule has 162 valence electrons. The normalized spacial score (nSPS) is 11.8. The van der Waals surface area contributed by atoms with Gasteiger partial charge in [-0.05, 0) is 43.7 Å². The molecule has 0 fully saturated rings. The SMILES string of the molecule is Cc1nc2nc(-c3ccc(C)c4c3oc3ccccc34)n(-c3ccccc3)c2c2ccccc12. The van der Waals surface area contributed by atoms with E-state index in [0.29, 0.717) is 0 Å². The monoisotopic (exact) mass is 439 g/mol. The number of fused-ring (bicyclic) bond motifs is 6. The van der Waals surface area contributed by atoms with Crippen LogP contribution in [0.15, 0.2) is 95.4 Å². The number of aromatic nitrogens is 3. The smallest absolute Gasteiger partial charge is 0.179 e. The van der Waals surface area contributed by atoms with Crippen LogP contribution in [0.4, 0.5) is 0 Å². The van der Waals surface area contributed by atoms with Gasteiger partial charge in [0.2, 0.25) is 0 Å². The predicted molar refractivity (Wildman–Crippen MR) is 139 cm³/mol. The Bertz CT molecular complexity index is 1880. The highest BCUT2D eigenvalue weighted by Gasteiger charge is 2.22. The van der Waals surface area contributed by atoms with E-state index >= 15 is 0 Å². The van der Waals surface area contributed by atoms with Gasteiger partial charge in [0.15, 0.2) is 11.5 Å². The van der Waals surface area contributed by atoms with Crippen molar-refractivity contribution in [3.63, 3.8) is 0 Å². The minimum Gasteiger partial charge on any atom is -0.455 e. The second-order valence-corrected chi connectivity index (χ2v) is 8.75. The molecule has 34 heavy (non-hydrogen) atoms. The molecule has 3 heterocycles. The molecule has 0 amide bonds. The Hall–Kier alpha value is -4.44. The fourth-order valence-electron chi connectivity index (χ4n) is 5.13. The molecule has 0 atom stereocenters. The summed E-state index contributed by atoms with van der Waals surface area (Å²) in [7, 11) is 0. The van der Waals surface area contributed by atoms with E-state index in [0.717, 1.165) is 66.6 Å². The first-order valence-corrected chi connectivity index (χ1v) is 11.4. The van der Waals surface area contributed by atoms with Crippen LogP contribution in [0.5, 0.6) is 0 Å². The highest BCUT2D eigenvalue weighted by atomic mass is 16.3. The van der Waals surface area contributed by atoms with E-state index in [-0.39, 0.29) is 0 Å². The number of furan rings is 1. The van der Waals surface area contributed by atoms with Crippen LogP contribution in [-0.2, 0) is 0 Å². The molecular formula is C30H21N3O. The Morgan fingerprint density at radius 2 is 1.38 bits per heavy atom. The van der Waals surface area contributed by atoms with Crippen molar-refractivity contribution >= 4 is 43.9 Å². The minimum atomic E-state index is 0.736. The van der Waals surface area contributed by atoms with Gasteiger partial charge in [-0.25, -0.2) is 9.97 Å². The van der Waals surface area contributed by atoms with E-state index in [1.165, 1.54) is 5.56 Å². The Morgan fingerprint density at radius 3 is 2.21 bits per heavy atom. The van der Waals surface area contributed by atoms with Crippen LogP contribution in [-0.4, -0.2) is 14.5 Å². The van der Waals surface area contributed by atoms with Gasteiger partial charge in [0, 0.05) is 32.9 Å². The number of benzene rings is 4. The Labute approximate surface area is 196 Å². The van der Waals surface area contributed by atoms with E-state index in [9.17, 15) is 0 Å². The number of rotatable bonds is 2. The first kappa shape index (κ1) is 19.1. The summed E-state index contributed by atoms with van der Waals surface area (Å²) >= 11 is 0. The average molecular weight is 440 g/mol. The first-order valence-electron chi connectivity index (χ1n) is 11.4. The van der Waals surface area contributed by atoms with Crippen LogP contribution < -0.4 is 0 Å². The van der Waals surface area contributed by atoms with Gasteiger partial charge < -0.3 is 4.42 Å². The summed E-state index contributed by atoms with van der Waals surface area (Å²) in [5.41, 5.74) is 7.65. The third-order valence-corrected chi connectivity index (χ3v) is 6.69. The Morgan fingerprint density at radius 1 is 0.676 bits per heavy atom. The van der Waals surface area contributed by atoms with Gasteiger partial charge in [-0.3, -0.25) is 4.57 Å². The molecule has 0 aliphatic heterocycles. The maximum absolute atomic E-state index is 6.44. The second kappa shape index (κ2) is 7.03. The molecule has 0 bridgehead atoms. The van der Waals surface area contributed by atoms with Gasteiger partial charge in [0.1, 0.15) is 16.7 Å². The summed E-state index contributed by atoms with van der Waals surface area (Å²) in [5, 5.41) is 4.53. The Balaban J connectivity index is 1.68. The van der Waals surface area contributed by atoms with Crippen LogP contribution in [0.3, 0.4) is 0 Å². The lowest BCUT2D eigenvalue weighted by Crippen LogP contribution is -1.98. The number of nitrogens with zero attached hydrogens (tertiary/aromatic N) is 3. The van der Waals surface area contributed by atoms with Crippen molar-refractivity contribution in [3.05, 3.63) is 102 Å². The molecule has 4 nitrogen and oxygen atoms in total. The summed E-state index contributed by atoms with van der Waals surface area (Å²) in [6, 6.07) is 31.3. The van der Waals surface area contributed by atoms with Crippen molar-refractivity contribution in [1.82, 2.24) is 14.5 Å². The third kappa shape index (κ3) is 2.59. The van der Waals surface area contributed by atoms with Crippen LogP contribution >= 0.6 is 0 Å². The van der Waals surface area contributed by atoms with Crippen LogP contribution in [0.2, 0.25) is 0 Å². The lowest BCUT2D eigenvalue weighted by atomic mass is 10.0. The van der Waals surface area contributed by atoms with Crippen molar-refractivity contribution in [2.45, 2.75) is 13.8 Å². The van der Waals surface area contributed by atoms with Gasteiger partial charge >= 0.3 is 0 Å². The van der Waals surface area contributed by atoms with Gasteiger partial charge in [-0.15, -0.1) is 0 Å². The van der Waals surface area contributed by atoms with Crippen molar-refractivity contribution in [2.75, 3.05) is 0 Å². The van der Waals surface area contributed by atoms with E-state index in [2.05, 4.69) is 84.3 Å². The number of imidazole rings is 1. The van der Waals surface area contributed by atoms with Crippen molar-refractivity contribution in [1.29, 1.82) is 0 Å². The van der Waals surface area contributed by atoms with E-state index in [4.69, 9.17) is 14.4 Å². The minimum absolute atomic E-state index is 0.736. The lowest BCUT2D eigenvalue weighted by molar-refractivity contribution is 0.669. The molecule has 0 aliphatic carbocycles. The van der Waals surface area contributed by atoms with E-state index in [1.807, 2.05) is 25.1 Å². The van der Waals surface area contributed by atoms with Crippen molar-refractivity contribution in [3.8, 4) is 17.1 Å². The second-order valence-electron chi connectivity index (χ2n) is 8.75. The van der Waals surface area contributed by atoms with E-state index < -0.39 is 0 Å². The molecule has 0 aliphatic rings. The molecule has 0 unspecified atom stereocenters. The van der Waals surface area contributed by atoms with Crippen molar-refractivity contribution < 1.29 is 4.42 Å². The summed E-state index contributed by atoms with van der Waals surface area (Å²) in [6.45, 7) is 4.18. The number of hydrogen-bond donors (Lipinski definition) is 0. The Kier molecular flexibility index (Phi) is 3.94. The zero-order valence-electron chi connectivity index (χ0n) is 18.9. The summed E-state index contributed by atoms with van der Waals surface area (Å²) in [4.78, 5) is 10.0. The topological polar surface area (TPSA) is 43.9 Å². The molecule has 0 saturated heterocycles. The van der Waals surface area contributed by atoms with Gasteiger partial charge in [0.25, 0.3) is 0 Å². The molecule has 3 aromatic heterocycles. The zero-order chi connectivity index (χ0) is 22.8. The number of aryl methyl sites for hydroxylation is 2. The maximum atomic E-state index is 6.44. The molecule has 0 spiro atoms. The molecule has 4 aromatic carbocycles. The van der Waals surface area contributed by atoms with Crippen LogP contribution in [0, 0.1) is 13.8 Å². The number of pyridine rings is 1. The molecule has 0 saturated carbocycles. The molecule has 4 heteroatoms. The van der Waals surface area contributed by atoms with Gasteiger partial charge in [0.05, 0.1) is 5.56 Å². The molecule has 0 N–H and O–H groups in total. The fourth-order valence-corrected chi connectivity index (χ4v) is 5.13. The highest BCUT2D eigenvalue weighted by molar-refractivity contribution is 6.12. The molecule has 7 rings (SSSR count). The molecule has 7 aromatic rings. The van der Waals surface area contributed by atoms with Gasteiger partial charge in [-0.1, -0.05) is 66.7 Å². The highest BCUT2D eigenvalue weighted by Crippen LogP contribution is 2.40. The van der Waals surface area contributed by atoms with Crippen LogP contribution in [0.1, 0.15) is 11.3 Å². The number of para-hydroxylation sites is 2. The zero-order valence-corrected chi connectivity index (χ0v) is 18.9. The summed E-state index contributed by atoms with van der Waals surface area (Å²) in [6.07, 6.45) is 0. The quantitative estimate of drug-likeness (QED) is 0.276. The summed E-state index contributed by atoms with van der Waals surface area (Å²) < 4.78 is 8.67. The standard InChI is InChI=1S/C30H21N3O/c1-18-16-17-24(28-26(18)23-14-8-9-15-25(23)34-28)30-32-29-27(33(30)20-10-4-3-5-11-20)22-13-7-6-12-21(22)19(2)31-29/h3-17H,1-2H3. The number of hydrogen-bond acceptors (Lipinski definition) is 3. The van der Waals surface area contributed by atoms with Gasteiger partial charge in [-0.2, -0.15) is 0 Å². The average Bonchev–Trinajstić information content (AvgIpc) is 3.45. The summed E-state index contributed by atoms with van der Waals surface area (Å²) in [5.74, 6) is 0.827. The van der Waals surface area contributed by atoms with Crippen LogP contribution in [0.25, 0.3) is 61.0 Å². The molecule has 0 radical (unpaired) electrons.